The number of benzene rings is 11. The quantitative estimate of drug-likeness (QED) is 0.147. The SMILES string of the molecule is CC.CC.Cc1ccc2c(c1)c1cc(-c3ccc4c(-c5ccccc5)c5cc(-c6ccc7c(c6)c6cc(C)ccc6n7-c6ccccc6)ccc5c(-c5ccccc5)c4c3)ccc1n2-c1ccccc1. The molecule has 13 aromatic rings. The summed E-state index contributed by atoms with van der Waals surface area (Å²) in [6.07, 6.45) is 0. The average molecular weight is 901 g/mol. The van der Waals surface area contributed by atoms with Crippen molar-refractivity contribution < 1.29 is 0 Å². The van der Waals surface area contributed by atoms with Gasteiger partial charge in [0.05, 0.1) is 22.1 Å². The largest absolute Gasteiger partial charge is 0.309 e. The van der Waals surface area contributed by atoms with Gasteiger partial charge in [0.25, 0.3) is 0 Å². The van der Waals surface area contributed by atoms with Gasteiger partial charge in [-0.1, -0.05) is 184 Å². The molecule has 0 amide bonds. The van der Waals surface area contributed by atoms with Crippen molar-refractivity contribution in [3.05, 3.63) is 242 Å². The topological polar surface area (TPSA) is 9.86 Å². The molecule has 0 N–H and O–H groups in total. The molecular formula is C68H56N2. The van der Waals surface area contributed by atoms with Crippen LogP contribution in [0, 0.1) is 13.8 Å². The fourth-order valence-electron chi connectivity index (χ4n) is 10.8. The Morgan fingerprint density at radius 3 is 0.871 bits per heavy atom. The molecule has 0 radical (unpaired) electrons. The minimum Gasteiger partial charge on any atom is -0.309 e. The van der Waals surface area contributed by atoms with Gasteiger partial charge in [0.1, 0.15) is 0 Å². The van der Waals surface area contributed by atoms with Crippen LogP contribution < -0.4 is 0 Å². The summed E-state index contributed by atoms with van der Waals surface area (Å²) < 4.78 is 4.80. The Hall–Kier alpha value is -8.46. The number of nitrogens with zero attached hydrogens (tertiary/aromatic N) is 2. The van der Waals surface area contributed by atoms with E-state index in [0.29, 0.717) is 0 Å². The molecule has 0 bridgehead atoms. The molecule has 70 heavy (non-hydrogen) atoms. The molecule has 2 aromatic heterocycles. The molecule has 0 saturated carbocycles. The molecule has 2 nitrogen and oxygen atoms in total. The lowest BCUT2D eigenvalue weighted by molar-refractivity contribution is 1.18. The monoisotopic (exact) mass is 900 g/mol. The normalized spacial score (nSPS) is 11.3. The summed E-state index contributed by atoms with van der Waals surface area (Å²) in [6, 6.07) is 85.4. The van der Waals surface area contributed by atoms with Crippen LogP contribution in [0.5, 0.6) is 0 Å². The van der Waals surface area contributed by atoms with Gasteiger partial charge in [0, 0.05) is 32.9 Å². The van der Waals surface area contributed by atoms with Crippen LogP contribution in [0.2, 0.25) is 0 Å². The average Bonchev–Trinajstić information content (AvgIpc) is 3.93. The molecular weight excluding hydrogens is 845 g/mol. The molecule has 11 aromatic carbocycles. The highest BCUT2D eigenvalue weighted by atomic mass is 15.0. The van der Waals surface area contributed by atoms with E-state index in [2.05, 4.69) is 254 Å². The van der Waals surface area contributed by atoms with E-state index in [1.807, 2.05) is 27.7 Å². The molecule has 0 spiro atoms. The Labute approximate surface area is 411 Å². The lowest BCUT2D eigenvalue weighted by atomic mass is 9.84. The number of aryl methyl sites for hydroxylation is 2. The summed E-state index contributed by atoms with van der Waals surface area (Å²) >= 11 is 0. The maximum atomic E-state index is 2.44. The number of para-hydroxylation sites is 2. The highest BCUT2D eigenvalue weighted by Crippen LogP contribution is 2.47. The van der Waals surface area contributed by atoms with Crippen molar-refractivity contribution >= 4 is 65.2 Å². The van der Waals surface area contributed by atoms with E-state index in [1.54, 1.807) is 0 Å². The molecule has 338 valence electrons. The smallest absolute Gasteiger partial charge is 0.0541 e. The first kappa shape index (κ1) is 44.1. The predicted octanol–water partition coefficient (Wildman–Crippen LogP) is 19.5. The van der Waals surface area contributed by atoms with E-state index in [0.717, 1.165) is 0 Å². The van der Waals surface area contributed by atoms with Crippen molar-refractivity contribution in [1.82, 2.24) is 9.13 Å². The Morgan fingerprint density at radius 1 is 0.229 bits per heavy atom. The minimum atomic E-state index is 1.17. The Kier molecular flexibility index (Phi) is 11.7. The highest BCUT2D eigenvalue weighted by Gasteiger charge is 2.21. The third-order valence-electron chi connectivity index (χ3n) is 13.8. The second-order valence-electron chi connectivity index (χ2n) is 17.8. The molecule has 2 heteroatoms. The summed E-state index contributed by atoms with van der Waals surface area (Å²) in [5.74, 6) is 0. The van der Waals surface area contributed by atoms with Crippen LogP contribution in [0.15, 0.2) is 231 Å². The second-order valence-corrected chi connectivity index (χ2v) is 17.8. The number of fused-ring (bicyclic) bond motifs is 8. The molecule has 2 heterocycles. The van der Waals surface area contributed by atoms with Crippen LogP contribution in [0.3, 0.4) is 0 Å². The molecule has 0 aliphatic heterocycles. The van der Waals surface area contributed by atoms with Gasteiger partial charge in [-0.25, -0.2) is 0 Å². The van der Waals surface area contributed by atoms with Crippen molar-refractivity contribution in [1.29, 1.82) is 0 Å². The molecule has 0 saturated heterocycles. The Morgan fingerprint density at radius 2 is 0.514 bits per heavy atom. The number of hydrogen-bond donors (Lipinski definition) is 0. The lowest BCUT2D eigenvalue weighted by Gasteiger charge is -2.20. The van der Waals surface area contributed by atoms with Gasteiger partial charge in [-0.05, 0) is 165 Å². The van der Waals surface area contributed by atoms with Gasteiger partial charge in [-0.3, -0.25) is 0 Å². The maximum Gasteiger partial charge on any atom is 0.0541 e. The first-order valence-corrected chi connectivity index (χ1v) is 24.9. The van der Waals surface area contributed by atoms with Gasteiger partial charge < -0.3 is 9.13 Å². The summed E-state index contributed by atoms with van der Waals surface area (Å²) in [4.78, 5) is 0. The summed E-state index contributed by atoms with van der Waals surface area (Å²) in [5, 5.41) is 10.0. The lowest BCUT2D eigenvalue weighted by Crippen LogP contribution is -1.94. The van der Waals surface area contributed by atoms with Crippen LogP contribution in [0.1, 0.15) is 38.8 Å². The zero-order valence-electron chi connectivity index (χ0n) is 40.8. The van der Waals surface area contributed by atoms with Crippen molar-refractivity contribution in [3.8, 4) is 55.9 Å². The first-order chi connectivity index (χ1) is 34.6. The number of rotatable bonds is 6. The van der Waals surface area contributed by atoms with Crippen LogP contribution >= 0.6 is 0 Å². The Balaban J connectivity index is 0.00000130. The van der Waals surface area contributed by atoms with Crippen molar-refractivity contribution in [3.63, 3.8) is 0 Å². The molecule has 0 aliphatic rings. The number of hydrogen-bond acceptors (Lipinski definition) is 0. The van der Waals surface area contributed by atoms with E-state index >= 15 is 0 Å². The van der Waals surface area contributed by atoms with Crippen molar-refractivity contribution in [2.75, 3.05) is 0 Å². The first-order valence-electron chi connectivity index (χ1n) is 24.9. The molecule has 0 atom stereocenters. The van der Waals surface area contributed by atoms with E-state index in [4.69, 9.17) is 0 Å². The predicted molar refractivity (Wildman–Crippen MR) is 304 cm³/mol. The summed E-state index contributed by atoms with van der Waals surface area (Å²) in [5.41, 5.74) is 19.4. The van der Waals surface area contributed by atoms with Gasteiger partial charge in [0.2, 0.25) is 0 Å². The number of aromatic nitrogens is 2. The maximum absolute atomic E-state index is 2.44. The van der Waals surface area contributed by atoms with Crippen molar-refractivity contribution in [2.45, 2.75) is 41.5 Å². The summed E-state index contributed by atoms with van der Waals surface area (Å²) in [7, 11) is 0. The van der Waals surface area contributed by atoms with Crippen LogP contribution in [0.4, 0.5) is 0 Å². The third-order valence-corrected chi connectivity index (χ3v) is 13.8. The third kappa shape index (κ3) is 7.45. The van der Waals surface area contributed by atoms with E-state index in [9.17, 15) is 0 Å². The molecule has 0 aliphatic carbocycles. The summed E-state index contributed by atoms with van der Waals surface area (Å²) in [6.45, 7) is 12.4. The van der Waals surface area contributed by atoms with Gasteiger partial charge in [0.15, 0.2) is 0 Å². The standard InChI is InChI=1S/C64H44N2.2C2H6/c1-41-23-31-59-53(35-41)55-37-47(27-33-61(55)65(59)49-19-11-5-12-20-49)45-25-29-51-57(39-45)63(43-15-7-3-8-16-43)52-30-26-46(40-58(52)64(51)44-17-9-4-10-18-44)48-28-34-62-56(38-48)54-36-42(2)24-32-60(54)66(62)50-21-13-6-14-22-50;2*1-2/h3-40H,1-2H3;2*1-2H3. The molecule has 0 fully saturated rings. The van der Waals surface area contributed by atoms with Crippen LogP contribution in [-0.2, 0) is 0 Å². The Bertz CT molecular complexity index is 3760. The molecule has 0 unspecified atom stereocenters. The fourth-order valence-corrected chi connectivity index (χ4v) is 10.8. The molecule has 13 rings (SSSR count). The van der Waals surface area contributed by atoms with E-state index < -0.39 is 0 Å². The van der Waals surface area contributed by atoms with Crippen LogP contribution in [0.25, 0.3) is 121 Å². The van der Waals surface area contributed by atoms with Crippen molar-refractivity contribution in [2.24, 2.45) is 0 Å². The fraction of sp³-hybridized carbons (Fsp3) is 0.0882. The van der Waals surface area contributed by atoms with Gasteiger partial charge in [-0.15, -0.1) is 0 Å². The zero-order chi connectivity index (χ0) is 47.9. The minimum absolute atomic E-state index is 1.17. The van der Waals surface area contributed by atoms with Gasteiger partial charge in [-0.2, -0.15) is 0 Å². The zero-order valence-corrected chi connectivity index (χ0v) is 40.8. The van der Waals surface area contributed by atoms with E-state index in [-0.39, 0.29) is 0 Å². The van der Waals surface area contributed by atoms with Crippen LogP contribution in [-0.4, -0.2) is 9.13 Å². The van der Waals surface area contributed by atoms with E-state index in [1.165, 1.54) is 132 Å². The highest BCUT2D eigenvalue weighted by molar-refractivity contribution is 6.23. The second kappa shape index (κ2) is 18.6. The van der Waals surface area contributed by atoms with Gasteiger partial charge >= 0.3 is 0 Å².